The largest absolute Gasteiger partial charge is 0.329 e. The number of H-pyrrole nitrogens is 1. The van der Waals surface area contributed by atoms with Crippen molar-refractivity contribution in [2.24, 2.45) is 0 Å². The third kappa shape index (κ3) is 2.59. The summed E-state index contributed by atoms with van der Waals surface area (Å²) >= 11 is 5.50. The molecule has 0 aliphatic rings. The molecule has 3 rings (SSSR count). The van der Waals surface area contributed by atoms with E-state index in [1.54, 1.807) is 0 Å². The molecule has 0 saturated heterocycles. The van der Waals surface area contributed by atoms with Gasteiger partial charge in [0, 0.05) is 18.5 Å². The van der Waals surface area contributed by atoms with Crippen LogP contribution in [-0.2, 0) is 6.54 Å². The van der Waals surface area contributed by atoms with E-state index in [9.17, 15) is 0 Å². The molecule has 0 unspecified atom stereocenters. The van der Waals surface area contributed by atoms with Crippen LogP contribution in [-0.4, -0.2) is 39.1 Å². The molecule has 4 nitrogen and oxygen atoms in total. The molecule has 0 radical (unpaired) electrons. The number of hydrogen-bond acceptors (Lipinski definition) is 3. The number of rotatable bonds is 5. The second-order valence-corrected chi connectivity index (χ2v) is 5.53. The molecular weight excluding hydrogens is 280 g/mol. The first kappa shape index (κ1) is 14.2. The Morgan fingerprint density at radius 3 is 2.76 bits per heavy atom. The third-order valence-electron chi connectivity index (χ3n) is 4.04. The Bertz CT molecular complexity index is 814. The maximum absolute atomic E-state index is 5.50. The average molecular weight is 300 g/mol. The van der Waals surface area contributed by atoms with E-state index in [2.05, 4.69) is 39.3 Å². The van der Waals surface area contributed by atoms with Crippen molar-refractivity contribution in [3.8, 4) is 0 Å². The summed E-state index contributed by atoms with van der Waals surface area (Å²) in [5, 5.41) is 1.15. The number of benzene rings is 1. The number of para-hydroxylation sites is 1. The quantitative estimate of drug-likeness (QED) is 0.732. The lowest BCUT2D eigenvalue weighted by Crippen LogP contribution is -2.27. The van der Waals surface area contributed by atoms with Crippen LogP contribution in [0.1, 0.15) is 13.8 Å². The first-order valence-corrected chi connectivity index (χ1v) is 7.84. The van der Waals surface area contributed by atoms with Crippen molar-refractivity contribution in [1.82, 2.24) is 19.4 Å². The van der Waals surface area contributed by atoms with Gasteiger partial charge in [-0.3, -0.25) is 4.98 Å². The van der Waals surface area contributed by atoms with Gasteiger partial charge in [0.15, 0.2) is 4.77 Å². The van der Waals surface area contributed by atoms with Crippen LogP contribution >= 0.6 is 12.2 Å². The van der Waals surface area contributed by atoms with Crippen LogP contribution in [0.15, 0.2) is 30.5 Å². The Balaban J connectivity index is 2.11. The van der Waals surface area contributed by atoms with Crippen molar-refractivity contribution in [2.45, 2.75) is 20.4 Å². The number of aromatic amines is 1. The Morgan fingerprint density at radius 2 is 2.00 bits per heavy atom. The summed E-state index contributed by atoms with van der Waals surface area (Å²) in [6, 6.07) is 8.22. The van der Waals surface area contributed by atoms with Gasteiger partial charge in [-0.1, -0.05) is 32.0 Å². The Hall–Kier alpha value is -1.72. The number of nitrogens with one attached hydrogen (secondary N) is 1. The first-order chi connectivity index (χ1) is 10.2. The van der Waals surface area contributed by atoms with Gasteiger partial charge >= 0.3 is 0 Å². The summed E-state index contributed by atoms with van der Waals surface area (Å²) in [4.78, 5) is 10.2. The summed E-state index contributed by atoms with van der Waals surface area (Å²) in [5.41, 5.74) is 3.19. The molecule has 1 N–H and O–H groups in total. The second-order valence-electron chi connectivity index (χ2n) is 5.15. The van der Waals surface area contributed by atoms with E-state index >= 15 is 0 Å². The maximum atomic E-state index is 5.50. The fourth-order valence-corrected chi connectivity index (χ4v) is 3.08. The lowest BCUT2D eigenvalue weighted by molar-refractivity contribution is 0.291. The Morgan fingerprint density at radius 1 is 1.24 bits per heavy atom. The molecule has 0 amide bonds. The van der Waals surface area contributed by atoms with Gasteiger partial charge < -0.3 is 14.5 Å². The number of fused-ring (bicyclic) bond motifs is 3. The summed E-state index contributed by atoms with van der Waals surface area (Å²) < 4.78 is 2.97. The molecule has 0 bridgehead atoms. The topological polar surface area (TPSA) is 36.9 Å². The zero-order valence-electron chi connectivity index (χ0n) is 12.5. The maximum Gasteiger partial charge on any atom is 0.178 e. The van der Waals surface area contributed by atoms with Crippen molar-refractivity contribution in [3.05, 3.63) is 35.2 Å². The molecule has 5 heteroatoms. The summed E-state index contributed by atoms with van der Waals surface area (Å²) in [6.07, 6.45) is 1.88. The molecule has 0 saturated carbocycles. The van der Waals surface area contributed by atoms with Gasteiger partial charge in [-0.25, -0.2) is 0 Å². The molecule has 0 fully saturated rings. The molecule has 1 aromatic carbocycles. The predicted molar refractivity (Wildman–Crippen MR) is 90.2 cm³/mol. The van der Waals surface area contributed by atoms with Crippen molar-refractivity contribution >= 4 is 34.2 Å². The number of aromatic nitrogens is 3. The number of imidazole rings is 1. The van der Waals surface area contributed by atoms with Crippen LogP contribution < -0.4 is 0 Å². The van der Waals surface area contributed by atoms with Crippen molar-refractivity contribution < 1.29 is 0 Å². The standard InChI is InChI=1S/C16H20N4S/c1-3-19(4-2)9-10-20-15-12-7-5-6-8-13(12)17-11-14(15)18-16(20)21/h5-8,11H,3-4,9-10H2,1-2H3,(H,18,21). The molecular formula is C16H20N4S. The first-order valence-electron chi connectivity index (χ1n) is 7.43. The molecule has 21 heavy (non-hydrogen) atoms. The minimum absolute atomic E-state index is 0.773. The summed E-state index contributed by atoms with van der Waals surface area (Å²) in [5.74, 6) is 0. The van der Waals surface area contributed by atoms with Crippen LogP contribution in [0.2, 0.25) is 0 Å². The fourth-order valence-electron chi connectivity index (χ4n) is 2.79. The molecule has 0 spiro atoms. The van der Waals surface area contributed by atoms with Crippen LogP contribution in [0.25, 0.3) is 21.9 Å². The summed E-state index contributed by atoms with van der Waals surface area (Å²) in [7, 11) is 0. The minimum Gasteiger partial charge on any atom is -0.329 e. The van der Waals surface area contributed by atoms with Gasteiger partial charge in [-0.2, -0.15) is 0 Å². The fraction of sp³-hybridized carbons (Fsp3) is 0.375. The van der Waals surface area contributed by atoms with Crippen LogP contribution in [0.5, 0.6) is 0 Å². The van der Waals surface area contributed by atoms with E-state index in [0.717, 1.165) is 52.9 Å². The normalized spacial score (nSPS) is 11.8. The number of likely N-dealkylation sites (N-methyl/N-ethyl adjacent to an activating group) is 1. The number of nitrogens with zero attached hydrogens (tertiary/aromatic N) is 3. The summed E-state index contributed by atoms with van der Waals surface area (Å²) in [6.45, 7) is 8.41. The van der Waals surface area contributed by atoms with Crippen LogP contribution in [0.4, 0.5) is 0 Å². The van der Waals surface area contributed by atoms with Crippen LogP contribution in [0, 0.1) is 4.77 Å². The molecule has 2 heterocycles. The molecule has 0 aliphatic carbocycles. The zero-order valence-corrected chi connectivity index (χ0v) is 13.3. The van der Waals surface area contributed by atoms with Gasteiger partial charge in [0.25, 0.3) is 0 Å². The Kier molecular flexibility index (Phi) is 4.03. The average Bonchev–Trinajstić information content (AvgIpc) is 2.84. The third-order valence-corrected chi connectivity index (χ3v) is 4.36. The number of pyridine rings is 1. The smallest absolute Gasteiger partial charge is 0.178 e. The monoisotopic (exact) mass is 300 g/mol. The number of hydrogen-bond donors (Lipinski definition) is 1. The highest BCUT2D eigenvalue weighted by molar-refractivity contribution is 7.71. The van der Waals surface area contributed by atoms with Gasteiger partial charge in [0.2, 0.25) is 0 Å². The van der Waals surface area contributed by atoms with E-state index in [4.69, 9.17) is 12.2 Å². The van der Waals surface area contributed by atoms with Crippen molar-refractivity contribution in [2.75, 3.05) is 19.6 Å². The highest BCUT2D eigenvalue weighted by Crippen LogP contribution is 2.23. The molecule has 0 aliphatic heterocycles. The molecule has 110 valence electrons. The highest BCUT2D eigenvalue weighted by atomic mass is 32.1. The van der Waals surface area contributed by atoms with Gasteiger partial charge in [-0.05, 0) is 31.4 Å². The van der Waals surface area contributed by atoms with Gasteiger partial charge in [0.1, 0.15) is 0 Å². The second kappa shape index (κ2) is 5.95. The van der Waals surface area contributed by atoms with Crippen LogP contribution in [0.3, 0.4) is 0 Å². The van der Waals surface area contributed by atoms with E-state index in [0.29, 0.717) is 0 Å². The van der Waals surface area contributed by atoms with E-state index in [-0.39, 0.29) is 0 Å². The minimum atomic E-state index is 0.773. The van der Waals surface area contributed by atoms with E-state index < -0.39 is 0 Å². The predicted octanol–water partition coefficient (Wildman–Crippen LogP) is 3.59. The van der Waals surface area contributed by atoms with Gasteiger partial charge in [-0.15, -0.1) is 0 Å². The van der Waals surface area contributed by atoms with E-state index in [1.165, 1.54) is 0 Å². The van der Waals surface area contributed by atoms with Gasteiger partial charge in [0.05, 0.1) is 22.7 Å². The molecule has 0 atom stereocenters. The lowest BCUT2D eigenvalue weighted by Gasteiger charge is -2.18. The lowest BCUT2D eigenvalue weighted by atomic mass is 10.2. The van der Waals surface area contributed by atoms with Crippen molar-refractivity contribution in [1.29, 1.82) is 0 Å². The zero-order chi connectivity index (χ0) is 14.8. The SMILES string of the molecule is CCN(CC)CCn1c(=S)[nH]c2cnc3ccccc3c21. The van der Waals surface area contributed by atoms with E-state index in [1.807, 2.05) is 24.4 Å². The Labute approximate surface area is 129 Å². The molecule has 3 aromatic rings. The molecule has 2 aromatic heterocycles. The highest BCUT2D eigenvalue weighted by Gasteiger charge is 2.10. The van der Waals surface area contributed by atoms with Crippen molar-refractivity contribution in [3.63, 3.8) is 0 Å².